The van der Waals surface area contributed by atoms with Crippen LogP contribution in [0, 0.1) is 12.3 Å². The van der Waals surface area contributed by atoms with Crippen LogP contribution in [0.4, 0.5) is 0 Å². The summed E-state index contributed by atoms with van der Waals surface area (Å²) in [5, 5.41) is 0. The van der Waals surface area contributed by atoms with Gasteiger partial charge in [-0.2, -0.15) is 0 Å². The van der Waals surface area contributed by atoms with E-state index < -0.39 is 0 Å². The first-order valence-corrected chi connectivity index (χ1v) is 13.2. The van der Waals surface area contributed by atoms with Crippen LogP contribution in [0.3, 0.4) is 0 Å². The number of piperazine rings is 2. The monoisotopic (exact) mass is 483 g/mol. The van der Waals surface area contributed by atoms with Crippen molar-refractivity contribution < 1.29 is 18.9 Å². The second kappa shape index (κ2) is 20.4. The highest BCUT2D eigenvalue weighted by Gasteiger charge is 2.18. The van der Waals surface area contributed by atoms with Gasteiger partial charge in [0.1, 0.15) is 6.61 Å². The third kappa shape index (κ3) is 14.6. The average Bonchev–Trinajstić information content (AvgIpc) is 2.87. The average molecular weight is 484 g/mol. The fourth-order valence-corrected chi connectivity index (χ4v) is 4.29. The molecule has 0 aromatic heterocycles. The van der Waals surface area contributed by atoms with E-state index in [0.29, 0.717) is 46.2 Å². The lowest BCUT2D eigenvalue weighted by molar-refractivity contribution is -0.00262. The van der Waals surface area contributed by atoms with Crippen molar-refractivity contribution in [3.63, 3.8) is 0 Å². The van der Waals surface area contributed by atoms with Crippen molar-refractivity contribution in [3.8, 4) is 12.3 Å². The molecule has 0 unspecified atom stereocenters. The molecule has 2 aliphatic heterocycles. The Balaban J connectivity index is 1.33. The Morgan fingerprint density at radius 1 is 0.529 bits per heavy atom. The molecule has 2 heterocycles. The zero-order valence-electron chi connectivity index (χ0n) is 21.3. The van der Waals surface area contributed by atoms with Crippen molar-refractivity contribution in [1.82, 2.24) is 19.6 Å². The minimum atomic E-state index is 0.335. The van der Waals surface area contributed by atoms with Crippen molar-refractivity contribution in [1.29, 1.82) is 0 Å². The van der Waals surface area contributed by atoms with Gasteiger partial charge >= 0.3 is 0 Å². The highest BCUT2D eigenvalue weighted by atomic mass is 16.6. The Hall–Kier alpha value is -0.800. The van der Waals surface area contributed by atoms with Gasteiger partial charge in [-0.05, 0) is 39.0 Å². The second-order valence-electron chi connectivity index (χ2n) is 8.96. The molecule has 0 saturated carbocycles. The number of rotatable bonds is 20. The summed E-state index contributed by atoms with van der Waals surface area (Å²) in [6, 6.07) is 0. The van der Waals surface area contributed by atoms with Crippen LogP contribution < -0.4 is 5.73 Å². The lowest BCUT2D eigenvalue weighted by Gasteiger charge is -2.36. The molecule has 2 fully saturated rings. The van der Waals surface area contributed by atoms with Gasteiger partial charge in [-0.3, -0.25) is 4.90 Å². The summed E-state index contributed by atoms with van der Waals surface area (Å²) >= 11 is 0. The van der Waals surface area contributed by atoms with Crippen LogP contribution in [0.1, 0.15) is 12.8 Å². The van der Waals surface area contributed by atoms with E-state index in [1.165, 1.54) is 58.8 Å². The predicted molar refractivity (Wildman–Crippen MR) is 136 cm³/mol. The van der Waals surface area contributed by atoms with Crippen LogP contribution in [0.25, 0.3) is 0 Å². The third-order valence-electron chi connectivity index (χ3n) is 6.41. The molecule has 0 aliphatic carbocycles. The molecule has 9 heteroatoms. The standard InChI is InChI=1S/C25H49N5O4/c1-2-18-31-20-22-33-24-25-34-23-21-32-19-17-30-15-13-29(14-16-30)8-4-7-28-11-9-27(10-12-28)6-3-5-26/h1H,3-26H2. The summed E-state index contributed by atoms with van der Waals surface area (Å²) in [4.78, 5) is 10.3. The minimum absolute atomic E-state index is 0.335. The molecular weight excluding hydrogens is 434 g/mol. The topological polar surface area (TPSA) is 75.9 Å². The summed E-state index contributed by atoms with van der Waals surface area (Å²) in [5.41, 5.74) is 5.62. The molecular formula is C25H49N5O4. The maximum absolute atomic E-state index is 5.72. The van der Waals surface area contributed by atoms with Crippen LogP contribution in [0.5, 0.6) is 0 Å². The maximum Gasteiger partial charge on any atom is 0.107 e. The van der Waals surface area contributed by atoms with Gasteiger partial charge in [0.15, 0.2) is 0 Å². The van der Waals surface area contributed by atoms with Crippen LogP contribution in [0.2, 0.25) is 0 Å². The van der Waals surface area contributed by atoms with Crippen LogP contribution in [0.15, 0.2) is 0 Å². The van der Waals surface area contributed by atoms with Crippen molar-refractivity contribution in [3.05, 3.63) is 0 Å². The highest BCUT2D eigenvalue weighted by Crippen LogP contribution is 2.06. The molecule has 2 N–H and O–H groups in total. The first-order valence-electron chi connectivity index (χ1n) is 13.2. The summed E-state index contributed by atoms with van der Waals surface area (Å²) in [6.45, 7) is 19.4. The summed E-state index contributed by atoms with van der Waals surface area (Å²) in [7, 11) is 0. The Morgan fingerprint density at radius 2 is 0.912 bits per heavy atom. The van der Waals surface area contributed by atoms with E-state index in [-0.39, 0.29) is 0 Å². The molecule has 0 bridgehead atoms. The molecule has 0 spiro atoms. The number of nitrogens with zero attached hydrogens (tertiary/aromatic N) is 4. The molecule has 0 aromatic rings. The van der Waals surface area contributed by atoms with Gasteiger partial charge in [0, 0.05) is 58.9 Å². The quantitative estimate of drug-likeness (QED) is 0.185. The van der Waals surface area contributed by atoms with E-state index in [2.05, 4.69) is 25.5 Å². The van der Waals surface area contributed by atoms with Gasteiger partial charge in [-0.15, -0.1) is 6.42 Å². The summed E-state index contributed by atoms with van der Waals surface area (Å²) < 4.78 is 21.8. The van der Waals surface area contributed by atoms with E-state index in [0.717, 1.165) is 45.8 Å². The lowest BCUT2D eigenvalue weighted by atomic mass is 10.2. The lowest BCUT2D eigenvalue weighted by Crippen LogP contribution is -2.49. The SMILES string of the molecule is C#CCOCCOCCOCCOCCN1CCN(CCCN2CCN(CCCN)CC2)CC1. The zero-order chi connectivity index (χ0) is 24.1. The number of hydrogen-bond acceptors (Lipinski definition) is 9. The van der Waals surface area contributed by atoms with Gasteiger partial charge in [-0.1, -0.05) is 5.92 Å². The second-order valence-corrected chi connectivity index (χ2v) is 8.96. The van der Waals surface area contributed by atoms with Gasteiger partial charge < -0.3 is 39.4 Å². The van der Waals surface area contributed by atoms with Crippen molar-refractivity contribution >= 4 is 0 Å². The van der Waals surface area contributed by atoms with E-state index in [4.69, 9.17) is 31.1 Å². The van der Waals surface area contributed by atoms with E-state index >= 15 is 0 Å². The van der Waals surface area contributed by atoms with Crippen LogP contribution in [-0.2, 0) is 18.9 Å². The Bertz CT molecular complexity index is 506. The van der Waals surface area contributed by atoms with Crippen molar-refractivity contribution in [2.45, 2.75) is 12.8 Å². The molecule has 0 amide bonds. The molecule has 0 radical (unpaired) electrons. The minimum Gasteiger partial charge on any atom is -0.378 e. The normalized spacial score (nSPS) is 18.9. The van der Waals surface area contributed by atoms with E-state index in [1.54, 1.807) is 0 Å². The van der Waals surface area contributed by atoms with Crippen molar-refractivity contribution in [2.24, 2.45) is 5.73 Å². The fourth-order valence-electron chi connectivity index (χ4n) is 4.29. The van der Waals surface area contributed by atoms with Crippen molar-refractivity contribution in [2.75, 3.05) is 138 Å². The Morgan fingerprint density at radius 3 is 1.35 bits per heavy atom. The third-order valence-corrected chi connectivity index (χ3v) is 6.41. The van der Waals surface area contributed by atoms with E-state index in [1.807, 2.05) is 0 Å². The number of nitrogens with two attached hydrogens (primary N) is 1. The first-order chi connectivity index (χ1) is 16.8. The van der Waals surface area contributed by atoms with Gasteiger partial charge in [0.25, 0.3) is 0 Å². The smallest absolute Gasteiger partial charge is 0.107 e. The number of terminal acetylenes is 1. The molecule has 2 rings (SSSR count). The predicted octanol–water partition coefficient (Wildman–Crippen LogP) is -0.340. The molecule has 0 aromatic carbocycles. The highest BCUT2D eigenvalue weighted by molar-refractivity contribution is 4.82. The zero-order valence-corrected chi connectivity index (χ0v) is 21.3. The molecule has 34 heavy (non-hydrogen) atoms. The number of hydrogen-bond donors (Lipinski definition) is 1. The van der Waals surface area contributed by atoms with Gasteiger partial charge in [0.2, 0.25) is 0 Å². The molecule has 2 aliphatic rings. The van der Waals surface area contributed by atoms with Gasteiger partial charge in [-0.25, -0.2) is 0 Å². The van der Waals surface area contributed by atoms with E-state index in [9.17, 15) is 0 Å². The summed E-state index contributed by atoms with van der Waals surface area (Å²) in [5.74, 6) is 2.42. The van der Waals surface area contributed by atoms with Crippen LogP contribution in [-0.4, -0.2) is 158 Å². The Kier molecular flexibility index (Phi) is 17.7. The molecule has 198 valence electrons. The number of ether oxygens (including phenoxy) is 4. The molecule has 0 atom stereocenters. The largest absolute Gasteiger partial charge is 0.378 e. The molecule has 2 saturated heterocycles. The summed E-state index contributed by atoms with van der Waals surface area (Å²) in [6.07, 6.45) is 7.49. The first kappa shape index (κ1) is 29.4. The molecule has 9 nitrogen and oxygen atoms in total. The maximum atomic E-state index is 5.72. The van der Waals surface area contributed by atoms with Gasteiger partial charge in [0.05, 0.1) is 46.2 Å². The van der Waals surface area contributed by atoms with Crippen LogP contribution >= 0.6 is 0 Å². The fraction of sp³-hybridized carbons (Fsp3) is 0.920. The Labute approximate surface area is 207 Å².